The van der Waals surface area contributed by atoms with Crippen LogP contribution in [0.25, 0.3) is 11.3 Å². The summed E-state index contributed by atoms with van der Waals surface area (Å²) in [7, 11) is -3.58. The Kier molecular flexibility index (Phi) is 6.82. The first kappa shape index (κ1) is 23.0. The Morgan fingerprint density at radius 1 is 1.06 bits per heavy atom. The standard InChI is InChI=1S/C22H22N4O5S2/c27-21(24-22-23-20(15-32-22)17-6-5-7-18(14-17)26(28)29)16-8-10-19(11-9-16)33(30,31)25-12-3-1-2-4-13-25/h5-11,14-15H,1-4,12-13H2,(H,23,24,27). The third-order valence-corrected chi connectivity index (χ3v) is 8.07. The van der Waals surface area contributed by atoms with Crippen LogP contribution < -0.4 is 5.32 Å². The molecule has 3 aromatic rings. The van der Waals surface area contributed by atoms with Crippen molar-refractivity contribution in [2.24, 2.45) is 0 Å². The van der Waals surface area contributed by atoms with Crippen LogP contribution in [-0.4, -0.2) is 41.6 Å². The van der Waals surface area contributed by atoms with E-state index in [0.717, 1.165) is 25.7 Å². The number of amides is 1. The van der Waals surface area contributed by atoms with Crippen molar-refractivity contribution in [3.8, 4) is 11.3 Å². The molecule has 1 aromatic heterocycles. The van der Waals surface area contributed by atoms with Crippen LogP contribution in [0.2, 0.25) is 0 Å². The third-order valence-electron chi connectivity index (χ3n) is 5.40. The normalized spacial score (nSPS) is 15.0. The highest BCUT2D eigenvalue weighted by Gasteiger charge is 2.25. The Labute approximate surface area is 195 Å². The van der Waals surface area contributed by atoms with Crippen molar-refractivity contribution in [2.75, 3.05) is 18.4 Å². The molecule has 33 heavy (non-hydrogen) atoms. The Bertz CT molecular complexity index is 1260. The summed E-state index contributed by atoms with van der Waals surface area (Å²) in [6.45, 7) is 1.03. The number of nitrogens with zero attached hydrogens (tertiary/aromatic N) is 3. The Morgan fingerprint density at radius 2 is 1.76 bits per heavy atom. The molecule has 0 atom stereocenters. The zero-order valence-corrected chi connectivity index (χ0v) is 19.3. The maximum Gasteiger partial charge on any atom is 0.270 e. The molecule has 1 amide bonds. The van der Waals surface area contributed by atoms with Gasteiger partial charge in [-0.15, -0.1) is 11.3 Å². The zero-order valence-electron chi connectivity index (χ0n) is 17.6. The first-order valence-corrected chi connectivity index (χ1v) is 12.8. The van der Waals surface area contributed by atoms with E-state index in [-0.39, 0.29) is 10.6 Å². The number of benzene rings is 2. The molecule has 0 saturated carbocycles. The second-order valence-corrected chi connectivity index (χ2v) is 10.4. The summed E-state index contributed by atoms with van der Waals surface area (Å²) in [5, 5.41) is 15.7. The molecule has 0 spiro atoms. The lowest BCUT2D eigenvalue weighted by atomic mass is 10.1. The van der Waals surface area contributed by atoms with Crippen molar-refractivity contribution in [2.45, 2.75) is 30.6 Å². The van der Waals surface area contributed by atoms with Crippen LogP contribution in [0.4, 0.5) is 10.8 Å². The number of carbonyl (C=O) groups is 1. The average molecular weight is 487 g/mol. The monoisotopic (exact) mass is 486 g/mol. The molecule has 9 nitrogen and oxygen atoms in total. The molecule has 4 rings (SSSR count). The van der Waals surface area contributed by atoms with Gasteiger partial charge in [0.2, 0.25) is 10.0 Å². The van der Waals surface area contributed by atoms with Gasteiger partial charge in [0.15, 0.2) is 5.13 Å². The second kappa shape index (κ2) is 9.77. The number of carbonyl (C=O) groups excluding carboxylic acids is 1. The van der Waals surface area contributed by atoms with E-state index in [1.807, 2.05) is 0 Å². The number of hydrogen-bond donors (Lipinski definition) is 1. The maximum atomic E-state index is 12.9. The molecule has 1 aliphatic rings. The molecule has 172 valence electrons. The van der Waals surface area contributed by atoms with E-state index in [2.05, 4.69) is 10.3 Å². The van der Waals surface area contributed by atoms with Crippen LogP contribution in [-0.2, 0) is 10.0 Å². The van der Waals surface area contributed by atoms with Crippen LogP contribution in [0.3, 0.4) is 0 Å². The van der Waals surface area contributed by atoms with E-state index in [1.165, 1.54) is 52.0 Å². The van der Waals surface area contributed by atoms with Gasteiger partial charge in [0.05, 0.1) is 15.5 Å². The molecule has 1 N–H and O–H groups in total. The topological polar surface area (TPSA) is 123 Å². The predicted octanol–water partition coefficient (Wildman–Crippen LogP) is 4.54. The van der Waals surface area contributed by atoms with Gasteiger partial charge in [-0.1, -0.05) is 25.0 Å². The van der Waals surface area contributed by atoms with E-state index in [0.29, 0.717) is 35.0 Å². The van der Waals surface area contributed by atoms with E-state index in [1.54, 1.807) is 17.5 Å². The van der Waals surface area contributed by atoms with Gasteiger partial charge in [0.1, 0.15) is 0 Å². The van der Waals surface area contributed by atoms with Crippen LogP contribution in [0.1, 0.15) is 36.0 Å². The summed E-state index contributed by atoms with van der Waals surface area (Å²) in [4.78, 5) is 27.6. The summed E-state index contributed by atoms with van der Waals surface area (Å²) in [5.74, 6) is -0.423. The number of sulfonamides is 1. The molecule has 0 unspecified atom stereocenters. The molecule has 1 saturated heterocycles. The minimum absolute atomic E-state index is 0.0405. The van der Waals surface area contributed by atoms with Crippen LogP contribution in [0, 0.1) is 10.1 Å². The lowest BCUT2D eigenvalue weighted by molar-refractivity contribution is -0.384. The highest BCUT2D eigenvalue weighted by Crippen LogP contribution is 2.28. The van der Waals surface area contributed by atoms with E-state index in [9.17, 15) is 23.3 Å². The SMILES string of the molecule is O=C(Nc1nc(-c2cccc([N+](=O)[O-])c2)cs1)c1ccc(S(=O)(=O)N2CCCCCC2)cc1. The van der Waals surface area contributed by atoms with Gasteiger partial charge in [-0.2, -0.15) is 4.31 Å². The number of anilines is 1. The number of aromatic nitrogens is 1. The third kappa shape index (κ3) is 5.27. The van der Waals surface area contributed by atoms with Crippen molar-refractivity contribution in [1.29, 1.82) is 0 Å². The lowest BCUT2D eigenvalue weighted by Crippen LogP contribution is -2.31. The van der Waals surface area contributed by atoms with Gasteiger partial charge in [-0.25, -0.2) is 13.4 Å². The summed E-state index contributed by atoms with van der Waals surface area (Å²) in [6, 6.07) is 12.0. The Hall–Kier alpha value is -3.15. The quantitative estimate of drug-likeness (QED) is 0.403. The van der Waals surface area contributed by atoms with Crippen molar-refractivity contribution in [3.05, 3.63) is 69.6 Å². The average Bonchev–Trinajstić information content (AvgIpc) is 3.10. The van der Waals surface area contributed by atoms with Crippen LogP contribution >= 0.6 is 11.3 Å². The van der Waals surface area contributed by atoms with Crippen molar-refractivity contribution < 1.29 is 18.1 Å². The Morgan fingerprint density at radius 3 is 2.42 bits per heavy atom. The summed E-state index contributed by atoms with van der Waals surface area (Å²) >= 11 is 1.19. The zero-order chi connectivity index (χ0) is 23.4. The molecule has 1 fully saturated rings. The number of nitro groups is 1. The largest absolute Gasteiger partial charge is 0.298 e. The lowest BCUT2D eigenvalue weighted by Gasteiger charge is -2.20. The summed E-state index contributed by atoms with van der Waals surface area (Å²) < 4.78 is 27.3. The molecule has 0 radical (unpaired) electrons. The van der Waals surface area contributed by atoms with Crippen LogP contribution in [0.15, 0.2) is 58.8 Å². The minimum atomic E-state index is -3.58. The maximum absolute atomic E-state index is 12.9. The fraction of sp³-hybridized carbons (Fsp3) is 0.273. The molecule has 0 bridgehead atoms. The molecule has 0 aliphatic carbocycles. The first-order chi connectivity index (χ1) is 15.8. The number of thiazole rings is 1. The van der Waals surface area contributed by atoms with Gasteiger partial charge in [0, 0.05) is 41.7 Å². The Balaban J connectivity index is 1.45. The minimum Gasteiger partial charge on any atom is -0.298 e. The number of nitro benzene ring substituents is 1. The van der Waals surface area contributed by atoms with E-state index >= 15 is 0 Å². The van der Waals surface area contributed by atoms with Crippen molar-refractivity contribution in [1.82, 2.24) is 9.29 Å². The van der Waals surface area contributed by atoms with Gasteiger partial charge in [-0.3, -0.25) is 20.2 Å². The number of hydrogen-bond acceptors (Lipinski definition) is 7. The molecule has 1 aliphatic heterocycles. The molecule has 11 heteroatoms. The highest BCUT2D eigenvalue weighted by atomic mass is 32.2. The predicted molar refractivity (Wildman–Crippen MR) is 126 cm³/mol. The van der Waals surface area contributed by atoms with Gasteiger partial charge in [-0.05, 0) is 37.1 Å². The number of rotatable bonds is 6. The summed E-state index contributed by atoms with van der Waals surface area (Å²) in [5.41, 5.74) is 1.35. The van der Waals surface area contributed by atoms with Gasteiger partial charge < -0.3 is 0 Å². The van der Waals surface area contributed by atoms with Crippen LogP contribution in [0.5, 0.6) is 0 Å². The van der Waals surface area contributed by atoms with Gasteiger partial charge in [0.25, 0.3) is 11.6 Å². The van der Waals surface area contributed by atoms with E-state index in [4.69, 9.17) is 0 Å². The first-order valence-electron chi connectivity index (χ1n) is 10.5. The number of non-ortho nitro benzene ring substituents is 1. The smallest absolute Gasteiger partial charge is 0.270 e. The molecular formula is C22H22N4O5S2. The fourth-order valence-electron chi connectivity index (χ4n) is 3.62. The van der Waals surface area contributed by atoms with Gasteiger partial charge >= 0.3 is 0 Å². The second-order valence-electron chi connectivity index (χ2n) is 7.64. The summed E-state index contributed by atoms with van der Waals surface area (Å²) in [6.07, 6.45) is 3.77. The molecular weight excluding hydrogens is 464 g/mol. The highest BCUT2D eigenvalue weighted by molar-refractivity contribution is 7.89. The number of nitrogens with one attached hydrogen (secondary N) is 1. The fourth-order valence-corrected chi connectivity index (χ4v) is 5.85. The molecule has 2 heterocycles. The molecule has 2 aromatic carbocycles. The van der Waals surface area contributed by atoms with Crippen molar-refractivity contribution >= 4 is 38.1 Å². The van der Waals surface area contributed by atoms with E-state index < -0.39 is 20.9 Å². The van der Waals surface area contributed by atoms with Crippen molar-refractivity contribution in [3.63, 3.8) is 0 Å².